The van der Waals surface area contributed by atoms with E-state index in [4.69, 9.17) is 10.5 Å². The van der Waals surface area contributed by atoms with E-state index >= 15 is 0 Å². The molecule has 0 fully saturated rings. The number of hydrogen-bond donors (Lipinski definition) is 1. The molecular weight excluding hydrogens is 279 g/mol. The molecule has 0 radical (unpaired) electrons. The van der Waals surface area contributed by atoms with Crippen LogP contribution in [0.15, 0.2) is 36.4 Å². The summed E-state index contributed by atoms with van der Waals surface area (Å²) in [7, 11) is 0. The van der Waals surface area contributed by atoms with Crippen LogP contribution in [-0.4, -0.2) is 6.54 Å². The second-order valence-corrected chi connectivity index (χ2v) is 4.16. The number of hydrogen-bond acceptors (Lipinski definition) is 2. The van der Waals surface area contributed by atoms with Gasteiger partial charge in [0.2, 0.25) is 0 Å². The number of para-hydroxylation sites is 1. The lowest BCUT2D eigenvalue weighted by atomic mass is 10.1. The summed E-state index contributed by atoms with van der Waals surface area (Å²) in [5.74, 6) is 2.59. The van der Waals surface area contributed by atoms with E-state index in [2.05, 4.69) is 11.8 Å². The Bertz CT molecular complexity index is 684. The van der Waals surface area contributed by atoms with Gasteiger partial charge in [-0.25, -0.2) is 13.2 Å². The van der Waals surface area contributed by atoms with Crippen LogP contribution in [0.25, 0.3) is 0 Å². The summed E-state index contributed by atoms with van der Waals surface area (Å²) in [6, 6.07) is 7.58. The number of halogens is 3. The highest BCUT2D eigenvalue weighted by atomic mass is 19.1. The van der Waals surface area contributed by atoms with Crippen molar-refractivity contribution in [3.63, 3.8) is 0 Å². The smallest absolute Gasteiger partial charge is 0.191 e. The zero-order chi connectivity index (χ0) is 15.2. The Morgan fingerprint density at radius 3 is 2.38 bits per heavy atom. The minimum atomic E-state index is -0.791. The lowest BCUT2D eigenvalue weighted by molar-refractivity contribution is 0.274. The van der Waals surface area contributed by atoms with Gasteiger partial charge in [-0.3, -0.25) is 0 Å². The summed E-state index contributed by atoms with van der Waals surface area (Å²) in [5.41, 5.74) is 5.93. The average Bonchev–Trinajstić information content (AvgIpc) is 2.47. The third kappa shape index (κ3) is 3.77. The van der Waals surface area contributed by atoms with E-state index in [0.29, 0.717) is 5.56 Å². The predicted octanol–water partition coefficient (Wildman–Crippen LogP) is 2.99. The fourth-order valence-corrected chi connectivity index (χ4v) is 1.68. The lowest BCUT2D eigenvalue weighted by Crippen LogP contribution is -2.01. The van der Waals surface area contributed by atoms with Gasteiger partial charge in [-0.05, 0) is 29.8 Å². The van der Waals surface area contributed by atoms with Gasteiger partial charge in [0, 0.05) is 0 Å². The van der Waals surface area contributed by atoms with Crippen molar-refractivity contribution >= 4 is 0 Å². The molecule has 0 bridgehead atoms. The summed E-state index contributed by atoms with van der Waals surface area (Å²) in [6.07, 6.45) is 0. The van der Waals surface area contributed by atoms with Gasteiger partial charge in [0.05, 0.1) is 12.1 Å². The van der Waals surface area contributed by atoms with Gasteiger partial charge in [0.1, 0.15) is 12.4 Å². The molecule has 2 rings (SSSR count). The van der Waals surface area contributed by atoms with E-state index in [-0.39, 0.29) is 18.7 Å². The standard InChI is InChI=1S/C16H12F3NO/c17-13-7-6-11(9-12(13)3-2-8-20)10-21-16-14(18)4-1-5-15(16)19/h1,4-7,9H,8,10,20H2. The van der Waals surface area contributed by atoms with Crippen molar-refractivity contribution < 1.29 is 17.9 Å². The van der Waals surface area contributed by atoms with E-state index in [1.807, 2.05) is 0 Å². The molecule has 2 aromatic rings. The molecule has 0 aliphatic heterocycles. The molecule has 0 aliphatic rings. The largest absolute Gasteiger partial charge is 0.483 e. The Balaban J connectivity index is 2.17. The zero-order valence-electron chi connectivity index (χ0n) is 11.0. The van der Waals surface area contributed by atoms with Gasteiger partial charge in [0.25, 0.3) is 0 Å². The minimum Gasteiger partial charge on any atom is -0.483 e. The van der Waals surface area contributed by atoms with Gasteiger partial charge in [0.15, 0.2) is 17.4 Å². The molecule has 0 heterocycles. The van der Waals surface area contributed by atoms with Crippen LogP contribution in [0.5, 0.6) is 5.75 Å². The third-order valence-electron chi connectivity index (χ3n) is 2.66. The van der Waals surface area contributed by atoms with Crippen LogP contribution in [0, 0.1) is 29.3 Å². The van der Waals surface area contributed by atoms with Gasteiger partial charge < -0.3 is 10.5 Å². The van der Waals surface area contributed by atoms with E-state index in [0.717, 1.165) is 12.1 Å². The fourth-order valence-electron chi connectivity index (χ4n) is 1.68. The van der Waals surface area contributed by atoms with Gasteiger partial charge in [-0.2, -0.15) is 0 Å². The fraction of sp³-hybridized carbons (Fsp3) is 0.125. The first-order chi connectivity index (χ1) is 10.1. The van der Waals surface area contributed by atoms with Gasteiger partial charge in [-0.1, -0.05) is 24.0 Å². The van der Waals surface area contributed by atoms with Crippen LogP contribution < -0.4 is 10.5 Å². The summed E-state index contributed by atoms with van der Waals surface area (Å²) in [4.78, 5) is 0. The van der Waals surface area contributed by atoms with Crippen molar-refractivity contribution in [3.05, 3.63) is 65.0 Å². The molecule has 0 saturated carbocycles. The Kier molecular flexibility index (Phi) is 4.85. The van der Waals surface area contributed by atoms with E-state index < -0.39 is 23.2 Å². The monoisotopic (exact) mass is 291 g/mol. The number of nitrogens with two attached hydrogens (primary N) is 1. The van der Waals surface area contributed by atoms with Gasteiger partial charge in [-0.15, -0.1) is 0 Å². The lowest BCUT2D eigenvalue weighted by Gasteiger charge is -2.08. The molecule has 0 spiro atoms. The Morgan fingerprint density at radius 2 is 1.71 bits per heavy atom. The second kappa shape index (κ2) is 6.82. The van der Waals surface area contributed by atoms with Gasteiger partial charge >= 0.3 is 0 Å². The number of rotatable bonds is 3. The van der Waals surface area contributed by atoms with Crippen molar-refractivity contribution in [2.24, 2.45) is 5.73 Å². The van der Waals surface area contributed by atoms with Crippen LogP contribution >= 0.6 is 0 Å². The summed E-state index contributed by atoms with van der Waals surface area (Å²) in [6.45, 7) is 0.00996. The maximum Gasteiger partial charge on any atom is 0.191 e. The normalized spacial score (nSPS) is 9.90. The van der Waals surface area contributed by atoms with Crippen LogP contribution in [0.1, 0.15) is 11.1 Å². The number of benzene rings is 2. The predicted molar refractivity (Wildman–Crippen MR) is 73.0 cm³/mol. The SMILES string of the molecule is NCC#Cc1cc(COc2c(F)cccc2F)ccc1F. The highest BCUT2D eigenvalue weighted by Crippen LogP contribution is 2.22. The summed E-state index contributed by atoms with van der Waals surface area (Å²) < 4.78 is 45.4. The van der Waals surface area contributed by atoms with Crippen molar-refractivity contribution in [2.45, 2.75) is 6.61 Å². The van der Waals surface area contributed by atoms with Crippen LogP contribution in [0.3, 0.4) is 0 Å². The van der Waals surface area contributed by atoms with E-state index in [1.165, 1.54) is 24.3 Å². The highest BCUT2D eigenvalue weighted by Gasteiger charge is 2.10. The summed E-state index contributed by atoms with van der Waals surface area (Å²) >= 11 is 0. The minimum absolute atomic E-state index is 0.102. The van der Waals surface area contributed by atoms with Crippen LogP contribution in [0.4, 0.5) is 13.2 Å². The molecule has 0 aromatic heterocycles. The first kappa shape index (κ1) is 14.9. The molecular formula is C16H12F3NO. The third-order valence-corrected chi connectivity index (χ3v) is 2.66. The average molecular weight is 291 g/mol. The van der Waals surface area contributed by atoms with Crippen molar-refractivity contribution in [3.8, 4) is 17.6 Å². The maximum atomic E-state index is 13.5. The first-order valence-corrected chi connectivity index (χ1v) is 6.16. The van der Waals surface area contributed by atoms with Crippen molar-refractivity contribution in [1.82, 2.24) is 0 Å². The van der Waals surface area contributed by atoms with Crippen LogP contribution in [-0.2, 0) is 6.61 Å². The zero-order valence-corrected chi connectivity index (χ0v) is 11.0. The molecule has 2 nitrogen and oxygen atoms in total. The Hall–Kier alpha value is -2.45. The molecule has 108 valence electrons. The molecule has 0 aliphatic carbocycles. The summed E-state index contributed by atoms with van der Waals surface area (Å²) in [5, 5.41) is 0. The number of ether oxygens (including phenoxy) is 1. The molecule has 21 heavy (non-hydrogen) atoms. The molecule has 0 amide bonds. The highest BCUT2D eigenvalue weighted by molar-refractivity contribution is 5.38. The second-order valence-electron chi connectivity index (χ2n) is 4.16. The molecule has 0 atom stereocenters. The maximum absolute atomic E-state index is 13.5. The molecule has 2 N–H and O–H groups in total. The topological polar surface area (TPSA) is 35.2 Å². The molecule has 0 unspecified atom stereocenters. The van der Waals surface area contributed by atoms with E-state index in [9.17, 15) is 13.2 Å². The Morgan fingerprint density at radius 1 is 1.00 bits per heavy atom. The first-order valence-electron chi connectivity index (χ1n) is 6.16. The quantitative estimate of drug-likeness (QED) is 0.882. The van der Waals surface area contributed by atoms with Crippen LogP contribution in [0.2, 0.25) is 0 Å². The molecule has 2 aromatic carbocycles. The molecule has 0 saturated heterocycles. The molecule has 5 heteroatoms. The van der Waals surface area contributed by atoms with Crippen molar-refractivity contribution in [2.75, 3.05) is 6.54 Å². The Labute approximate surface area is 120 Å². The van der Waals surface area contributed by atoms with Crippen molar-refractivity contribution in [1.29, 1.82) is 0 Å². The van der Waals surface area contributed by atoms with E-state index in [1.54, 1.807) is 0 Å².